The average Bonchev–Trinajstić information content (AvgIpc) is 3.91. The smallest absolute Gasteiger partial charge is 0.302 e. The zero-order valence-electron chi connectivity index (χ0n) is 33.2. The number of carbonyl (C=O) groups excluding carboxylic acids is 1. The number of phenols is 2. The van der Waals surface area contributed by atoms with Gasteiger partial charge in [-0.2, -0.15) is 0 Å². The quantitative estimate of drug-likeness (QED) is 0.134. The van der Waals surface area contributed by atoms with E-state index in [0.29, 0.717) is 42.9 Å². The Balaban J connectivity index is 1.20. The molecule has 300 valence electrons. The number of dihydropyridines is 1. The first kappa shape index (κ1) is 36.9. The Morgan fingerprint density at radius 2 is 1.95 bits per heavy atom. The second-order valence-electron chi connectivity index (χ2n) is 17.4. The minimum absolute atomic E-state index is 0.0391. The van der Waals surface area contributed by atoms with Crippen LogP contribution in [0, 0.1) is 17.8 Å². The van der Waals surface area contributed by atoms with E-state index >= 15 is 0 Å². The molecule has 4 aliphatic heterocycles. The van der Waals surface area contributed by atoms with Crippen LogP contribution in [0.3, 0.4) is 0 Å². The van der Waals surface area contributed by atoms with Gasteiger partial charge in [0.05, 0.1) is 30.9 Å². The zero-order valence-corrected chi connectivity index (χ0v) is 33.2. The van der Waals surface area contributed by atoms with Crippen LogP contribution in [0.15, 0.2) is 59.8 Å². The summed E-state index contributed by atoms with van der Waals surface area (Å²) in [5, 5.41) is 29.8. The molecule has 6 atom stereocenters. The van der Waals surface area contributed by atoms with Crippen molar-refractivity contribution < 1.29 is 34.0 Å². The number of nitrogens with one attached hydrogen (secondary N) is 2. The SMILES string of the molecule is COc1cc(O)cc2c1-c1ccc3c4c1C1(CCC(CC5=C(C#CCc6cc(O)c7c(c6C(O4)C3COC(C)=O)C=CC(NC3CCCC3)CO7)NC(N)C=C5)C1)C2. The van der Waals surface area contributed by atoms with Gasteiger partial charge in [0.2, 0.25) is 0 Å². The Morgan fingerprint density at radius 3 is 2.78 bits per heavy atom. The monoisotopic (exact) mass is 781 g/mol. The summed E-state index contributed by atoms with van der Waals surface area (Å²) >= 11 is 0. The summed E-state index contributed by atoms with van der Waals surface area (Å²) in [5.41, 5.74) is 15.7. The van der Waals surface area contributed by atoms with E-state index in [0.717, 1.165) is 100 Å². The highest BCUT2D eigenvalue weighted by atomic mass is 16.5. The van der Waals surface area contributed by atoms with Crippen molar-refractivity contribution in [2.75, 3.05) is 20.3 Å². The lowest BCUT2D eigenvalue weighted by atomic mass is 9.65. The van der Waals surface area contributed by atoms with E-state index in [1.54, 1.807) is 19.2 Å². The van der Waals surface area contributed by atoms with Gasteiger partial charge in [0, 0.05) is 58.7 Å². The summed E-state index contributed by atoms with van der Waals surface area (Å²) in [6.07, 6.45) is 16.8. The second kappa shape index (κ2) is 14.5. The second-order valence-corrected chi connectivity index (χ2v) is 17.4. The number of carbonyl (C=O) groups is 1. The van der Waals surface area contributed by atoms with Gasteiger partial charge in [0.15, 0.2) is 11.5 Å². The Morgan fingerprint density at radius 1 is 1.09 bits per heavy atom. The molecular weight excluding hydrogens is 731 g/mol. The summed E-state index contributed by atoms with van der Waals surface area (Å²) in [5.74, 6) is 8.61. The van der Waals surface area contributed by atoms with Crippen molar-refractivity contribution in [3.8, 4) is 51.7 Å². The van der Waals surface area contributed by atoms with Gasteiger partial charge in [0.25, 0.3) is 0 Å². The van der Waals surface area contributed by atoms with Crippen molar-refractivity contribution in [3.63, 3.8) is 0 Å². The van der Waals surface area contributed by atoms with E-state index in [1.807, 2.05) is 12.1 Å². The third kappa shape index (κ3) is 6.31. The summed E-state index contributed by atoms with van der Waals surface area (Å²) in [4.78, 5) is 12.5. The maximum absolute atomic E-state index is 12.5. The molecule has 0 aromatic heterocycles. The fourth-order valence-electron chi connectivity index (χ4n) is 11.2. The van der Waals surface area contributed by atoms with Crippen LogP contribution in [0.2, 0.25) is 0 Å². The molecule has 0 saturated heterocycles. The highest BCUT2D eigenvalue weighted by Gasteiger charge is 2.51. The van der Waals surface area contributed by atoms with E-state index in [2.05, 4.69) is 52.8 Å². The molecule has 6 unspecified atom stereocenters. The molecule has 4 bridgehead atoms. The van der Waals surface area contributed by atoms with Gasteiger partial charge >= 0.3 is 5.97 Å². The third-order valence-corrected chi connectivity index (χ3v) is 13.6. The molecule has 6 N–H and O–H groups in total. The van der Waals surface area contributed by atoms with Gasteiger partial charge in [0.1, 0.15) is 36.6 Å². The number of benzene rings is 3. The van der Waals surface area contributed by atoms with E-state index in [4.69, 9.17) is 24.7 Å². The highest BCUT2D eigenvalue weighted by Crippen LogP contribution is 2.63. The minimum atomic E-state index is -0.596. The third-order valence-electron chi connectivity index (χ3n) is 13.6. The molecule has 4 heterocycles. The first-order valence-electron chi connectivity index (χ1n) is 20.9. The molecule has 58 heavy (non-hydrogen) atoms. The van der Waals surface area contributed by atoms with E-state index in [1.165, 1.54) is 19.8 Å². The first-order valence-corrected chi connectivity index (χ1v) is 20.9. The number of rotatable bonds is 5. The van der Waals surface area contributed by atoms with Crippen LogP contribution in [-0.2, 0) is 27.8 Å². The van der Waals surface area contributed by atoms with E-state index in [9.17, 15) is 15.0 Å². The number of methoxy groups -OCH3 is 1. The number of nitrogens with two attached hydrogens (primary N) is 1. The van der Waals surface area contributed by atoms with Gasteiger partial charge in [-0.3, -0.25) is 4.79 Å². The molecule has 0 amide bonds. The fourth-order valence-corrected chi connectivity index (χ4v) is 11.2. The number of ether oxygens (including phenoxy) is 4. The normalized spacial score (nSPS) is 27.5. The van der Waals surface area contributed by atoms with Gasteiger partial charge in [-0.1, -0.05) is 49.1 Å². The standard InChI is InChI=1S/C48H51N3O7/c1-26(52)56-25-37-34-13-14-35-42-30(19-33(53)21-40(42)55-2)23-48-17-16-27(22-48)18-28-10-15-41(49)51-38(28)9-5-6-29-20-39(54)45-36(43(29)46(37)58-47(34)44(35)48)12-11-32(24-57-45)50-31-7-3-4-8-31/h10-15,19-21,27,31-32,37,41,46,50-51,53-54H,3-4,6-8,16-18,22-25,49H2,1-2H3. The summed E-state index contributed by atoms with van der Waals surface area (Å²) in [6.45, 7) is 1.92. The van der Waals surface area contributed by atoms with Crippen molar-refractivity contribution in [2.45, 2.75) is 107 Å². The predicted molar refractivity (Wildman–Crippen MR) is 221 cm³/mol. The molecule has 0 radical (unpaired) electrons. The largest absolute Gasteiger partial charge is 0.508 e. The molecule has 1 spiro atoms. The molecule has 3 aliphatic carbocycles. The fraction of sp³-hybridized carbons (Fsp3) is 0.438. The lowest BCUT2D eigenvalue weighted by Crippen LogP contribution is -2.38. The van der Waals surface area contributed by atoms with Crippen molar-refractivity contribution in [1.29, 1.82) is 0 Å². The zero-order chi connectivity index (χ0) is 39.7. The molecule has 10 heteroatoms. The first-order chi connectivity index (χ1) is 28.2. The Kier molecular flexibility index (Phi) is 9.22. The maximum Gasteiger partial charge on any atom is 0.302 e. The maximum atomic E-state index is 12.5. The summed E-state index contributed by atoms with van der Waals surface area (Å²) in [6, 6.07) is 10.0. The van der Waals surface area contributed by atoms with Crippen LogP contribution < -0.4 is 30.6 Å². The molecule has 7 aliphatic rings. The summed E-state index contributed by atoms with van der Waals surface area (Å²) in [7, 11) is 1.65. The van der Waals surface area contributed by atoms with Crippen LogP contribution in [0.1, 0.15) is 104 Å². The lowest BCUT2D eigenvalue weighted by molar-refractivity contribution is -0.141. The molecular formula is C48H51N3O7. The van der Waals surface area contributed by atoms with Crippen molar-refractivity contribution >= 4 is 12.0 Å². The van der Waals surface area contributed by atoms with Gasteiger partial charge in [-0.15, -0.1) is 0 Å². The van der Waals surface area contributed by atoms with E-state index in [-0.39, 0.29) is 47.6 Å². The van der Waals surface area contributed by atoms with Gasteiger partial charge in [-0.25, -0.2) is 0 Å². The predicted octanol–water partition coefficient (Wildman–Crippen LogP) is 7.10. The molecule has 2 saturated carbocycles. The molecule has 3 aromatic rings. The number of allylic oxidation sites excluding steroid dienone is 3. The number of hydrogen-bond acceptors (Lipinski definition) is 10. The topological polar surface area (TPSA) is 145 Å². The summed E-state index contributed by atoms with van der Waals surface area (Å²) < 4.78 is 25.8. The van der Waals surface area contributed by atoms with Crippen molar-refractivity contribution in [2.24, 2.45) is 11.7 Å². The molecule has 10 nitrogen and oxygen atoms in total. The van der Waals surface area contributed by atoms with Crippen LogP contribution in [0.25, 0.3) is 17.2 Å². The lowest BCUT2D eigenvalue weighted by Gasteiger charge is -2.39. The Hall–Kier alpha value is -5.37. The van der Waals surface area contributed by atoms with Gasteiger partial charge < -0.3 is 45.5 Å². The minimum Gasteiger partial charge on any atom is -0.508 e. The number of fused-ring (bicyclic) bond motifs is 8. The molecule has 10 rings (SSSR count). The molecule has 3 aromatic carbocycles. The van der Waals surface area contributed by atoms with Crippen molar-refractivity contribution in [3.05, 3.63) is 93.2 Å². The number of esters is 1. The van der Waals surface area contributed by atoms with E-state index < -0.39 is 6.10 Å². The van der Waals surface area contributed by atoms with Crippen LogP contribution in [0.4, 0.5) is 0 Å². The highest BCUT2D eigenvalue weighted by molar-refractivity contribution is 5.84. The van der Waals surface area contributed by atoms with Gasteiger partial charge in [-0.05, 0) is 97.3 Å². The van der Waals surface area contributed by atoms with Crippen LogP contribution in [0.5, 0.6) is 28.7 Å². The Labute approximate surface area is 339 Å². The van der Waals surface area contributed by atoms with Crippen molar-refractivity contribution in [1.82, 2.24) is 10.6 Å². The van der Waals surface area contributed by atoms with Crippen LogP contribution in [-0.4, -0.2) is 54.8 Å². The number of hydrogen-bond donors (Lipinski definition) is 5. The number of aromatic hydroxyl groups is 2. The Bertz CT molecular complexity index is 2360. The average molecular weight is 782 g/mol. The number of phenolic OH excluding ortho intramolecular Hbond substituents is 2. The van der Waals surface area contributed by atoms with Crippen LogP contribution >= 0.6 is 0 Å². The molecule has 2 fully saturated rings.